The number of ether oxygens (including phenoxy) is 3. The van der Waals surface area contributed by atoms with Crippen LogP contribution in [0.15, 0.2) is 53.3 Å². The zero-order valence-corrected chi connectivity index (χ0v) is 26.8. The summed E-state index contributed by atoms with van der Waals surface area (Å²) in [6.07, 6.45) is 3.47. The van der Waals surface area contributed by atoms with Gasteiger partial charge < -0.3 is 35.9 Å². The summed E-state index contributed by atoms with van der Waals surface area (Å²) in [7, 11) is 4.62. The van der Waals surface area contributed by atoms with E-state index in [1.807, 2.05) is 12.3 Å². The lowest BCUT2D eigenvalue weighted by Crippen LogP contribution is -2.36. The molecule has 0 fully saturated rings. The standard InChI is InChI=1S/C33H38N4O7S/c1-18(38)35-24-12-8-20-16-28(42-2)30(43-3)31(44-4)29(20)22-11-13-25(27(39)17-23(22)24)37-26(14-15-45-5)33(41)36-21-9-6-19(7-10-21)32(34)40/h6-7,9-11,13,16-17,24,26H,8,12,14-15H2,1-5H3,(H2,34,40)(H,35,38)(H,36,41)(H,37,39)/t24-,26-/m0/s1. The van der Waals surface area contributed by atoms with E-state index in [0.29, 0.717) is 64.6 Å². The minimum Gasteiger partial charge on any atom is -0.493 e. The monoisotopic (exact) mass is 634 g/mol. The van der Waals surface area contributed by atoms with Gasteiger partial charge in [0.05, 0.1) is 33.1 Å². The SMILES string of the molecule is COc1cc2c(c(OC)c1OC)-c1ccc(N[C@@H](CCSC)C(=O)Nc3ccc(C(N)=O)cc3)c(=O)cc1[C@@H](NC(C)=O)CC2. The number of benzene rings is 2. The first kappa shape index (κ1) is 33.2. The molecule has 238 valence electrons. The fraction of sp³-hybridized carbons (Fsp3) is 0.333. The second-order valence-electron chi connectivity index (χ2n) is 10.5. The Morgan fingerprint density at radius 1 is 1.00 bits per heavy atom. The molecule has 45 heavy (non-hydrogen) atoms. The summed E-state index contributed by atoms with van der Waals surface area (Å²) in [6, 6.07) is 11.9. The number of thioether (sulfide) groups is 1. The minimum atomic E-state index is -0.750. The molecule has 3 aromatic carbocycles. The number of hydrogen-bond donors (Lipinski definition) is 4. The van der Waals surface area contributed by atoms with Gasteiger partial charge >= 0.3 is 0 Å². The molecule has 1 aliphatic rings. The average molecular weight is 635 g/mol. The fourth-order valence-electron chi connectivity index (χ4n) is 5.47. The summed E-state index contributed by atoms with van der Waals surface area (Å²) in [5, 5.41) is 9.01. The molecule has 0 heterocycles. The number of amides is 3. The van der Waals surface area contributed by atoms with Crippen LogP contribution in [0.5, 0.6) is 17.2 Å². The van der Waals surface area contributed by atoms with Gasteiger partial charge in [0.15, 0.2) is 11.5 Å². The normalized spacial score (nSPS) is 14.1. The molecule has 0 aliphatic heterocycles. The van der Waals surface area contributed by atoms with Crippen LogP contribution in [0, 0.1) is 0 Å². The molecule has 0 radical (unpaired) electrons. The quantitative estimate of drug-likeness (QED) is 0.230. The third-order valence-corrected chi connectivity index (χ3v) is 8.25. The Bertz CT molecular complexity index is 1650. The number of aryl methyl sites for hydroxylation is 1. The van der Waals surface area contributed by atoms with Crippen LogP contribution in [0.3, 0.4) is 0 Å². The van der Waals surface area contributed by atoms with Gasteiger partial charge in [-0.1, -0.05) is 6.07 Å². The van der Waals surface area contributed by atoms with Crippen molar-refractivity contribution in [1.29, 1.82) is 0 Å². The molecule has 1 aliphatic carbocycles. The van der Waals surface area contributed by atoms with Crippen LogP contribution in [0.25, 0.3) is 11.1 Å². The van der Waals surface area contributed by atoms with E-state index >= 15 is 0 Å². The summed E-state index contributed by atoms with van der Waals surface area (Å²) >= 11 is 1.58. The first-order chi connectivity index (χ1) is 21.6. The van der Waals surface area contributed by atoms with E-state index in [4.69, 9.17) is 19.9 Å². The highest BCUT2D eigenvalue weighted by atomic mass is 32.2. The lowest BCUT2D eigenvalue weighted by molar-refractivity contribution is -0.120. The van der Waals surface area contributed by atoms with E-state index in [-0.39, 0.29) is 22.9 Å². The fourth-order valence-corrected chi connectivity index (χ4v) is 5.94. The predicted molar refractivity (Wildman–Crippen MR) is 177 cm³/mol. The topological polar surface area (TPSA) is 158 Å². The maximum Gasteiger partial charge on any atom is 0.248 e. The molecule has 0 aromatic heterocycles. The van der Waals surface area contributed by atoms with Gasteiger partial charge in [-0.15, -0.1) is 0 Å². The Balaban J connectivity index is 1.80. The molecule has 0 saturated carbocycles. The van der Waals surface area contributed by atoms with E-state index in [2.05, 4.69) is 16.0 Å². The third kappa shape index (κ3) is 7.51. The summed E-state index contributed by atoms with van der Waals surface area (Å²) in [5.74, 6) is 0.886. The first-order valence-electron chi connectivity index (χ1n) is 14.4. The molecule has 2 atom stereocenters. The zero-order valence-electron chi connectivity index (χ0n) is 25.9. The van der Waals surface area contributed by atoms with Crippen molar-refractivity contribution in [2.75, 3.05) is 44.0 Å². The van der Waals surface area contributed by atoms with Crippen molar-refractivity contribution in [2.24, 2.45) is 5.73 Å². The summed E-state index contributed by atoms with van der Waals surface area (Å²) < 4.78 is 17.1. The van der Waals surface area contributed by atoms with Crippen molar-refractivity contribution in [1.82, 2.24) is 5.32 Å². The number of nitrogens with one attached hydrogen (secondary N) is 3. The lowest BCUT2D eigenvalue weighted by atomic mass is 9.95. The Hall–Kier alpha value is -4.71. The lowest BCUT2D eigenvalue weighted by Gasteiger charge is -2.19. The molecule has 4 rings (SSSR count). The largest absolute Gasteiger partial charge is 0.493 e. The molecule has 3 aromatic rings. The number of methoxy groups -OCH3 is 3. The number of carbonyl (C=O) groups excluding carboxylic acids is 3. The van der Waals surface area contributed by atoms with Crippen molar-refractivity contribution in [3.05, 3.63) is 75.4 Å². The third-order valence-electron chi connectivity index (χ3n) is 7.61. The molecule has 0 unspecified atom stereocenters. The van der Waals surface area contributed by atoms with Crippen molar-refractivity contribution in [2.45, 2.75) is 38.3 Å². The van der Waals surface area contributed by atoms with Gasteiger partial charge in [-0.25, -0.2) is 0 Å². The molecule has 12 heteroatoms. The van der Waals surface area contributed by atoms with Crippen LogP contribution in [0.2, 0.25) is 0 Å². The van der Waals surface area contributed by atoms with E-state index in [9.17, 15) is 19.2 Å². The van der Waals surface area contributed by atoms with Crippen LogP contribution in [0.4, 0.5) is 11.4 Å². The van der Waals surface area contributed by atoms with Crippen LogP contribution in [-0.2, 0) is 16.0 Å². The first-order valence-corrected chi connectivity index (χ1v) is 15.7. The van der Waals surface area contributed by atoms with Gasteiger partial charge in [-0.2, -0.15) is 11.8 Å². The maximum absolute atomic E-state index is 13.8. The van der Waals surface area contributed by atoms with Gasteiger partial charge in [-0.3, -0.25) is 19.2 Å². The van der Waals surface area contributed by atoms with E-state index in [1.54, 1.807) is 50.2 Å². The van der Waals surface area contributed by atoms with Crippen LogP contribution in [-0.4, -0.2) is 57.1 Å². The number of nitrogens with two attached hydrogens (primary N) is 1. The number of primary amides is 1. The van der Waals surface area contributed by atoms with E-state index < -0.39 is 18.0 Å². The molecule has 11 nitrogen and oxygen atoms in total. The molecule has 5 N–H and O–H groups in total. The van der Waals surface area contributed by atoms with Crippen LogP contribution < -0.4 is 41.3 Å². The average Bonchev–Trinajstić information content (AvgIpc) is 3.26. The molecule has 0 bridgehead atoms. The predicted octanol–water partition coefficient (Wildman–Crippen LogP) is 4.13. The van der Waals surface area contributed by atoms with Crippen LogP contribution >= 0.6 is 11.8 Å². The summed E-state index contributed by atoms with van der Waals surface area (Å²) in [4.78, 5) is 50.9. The van der Waals surface area contributed by atoms with Gasteiger partial charge in [0.1, 0.15) is 6.04 Å². The Morgan fingerprint density at radius 2 is 1.71 bits per heavy atom. The smallest absolute Gasteiger partial charge is 0.248 e. The number of fused-ring (bicyclic) bond motifs is 3. The van der Waals surface area contributed by atoms with Crippen molar-refractivity contribution in [3.8, 4) is 28.4 Å². The highest BCUT2D eigenvalue weighted by Crippen LogP contribution is 2.50. The number of hydrogen-bond acceptors (Lipinski definition) is 9. The zero-order chi connectivity index (χ0) is 32.7. The number of carbonyl (C=O) groups is 3. The Labute approximate surface area is 266 Å². The number of rotatable bonds is 12. The molecule has 0 spiro atoms. The van der Waals surface area contributed by atoms with Gasteiger partial charge in [0.25, 0.3) is 0 Å². The van der Waals surface area contributed by atoms with Crippen LogP contribution in [0.1, 0.15) is 47.3 Å². The molecule has 3 amide bonds. The molecular formula is C33H38N4O7S. The number of anilines is 2. The Kier molecular flexibility index (Phi) is 10.9. The van der Waals surface area contributed by atoms with Gasteiger partial charge in [-0.05, 0) is 90.4 Å². The second-order valence-corrected chi connectivity index (χ2v) is 11.5. The molecular weight excluding hydrogens is 596 g/mol. The highest BCUT2D eigenvalue weighted by Gasteiger charge is 2.30. The molecule has 0 saturated heterocycles. The van der Waals surface area contributed by atoms with Crippen molar-refractivity contribution >= 4 is 40.9 Å². The van der Waals surface area contributed by atoms with Crippen molar-refractivity contribution < 1.29 is 28.6 Å². The summed E-state index contributed by atoms with van der Waals surface area (Å²) in [5.41, 5.74) is 8.95. The highest BCUT2D eigenvalue weighted by molar-refractivity contribution is 7.98. The van der Waals surface area contributed by atoms with Crippen molar-refractivity contribution in [3.63, 3.8) is 0 Å². The van der Waals surface area contributed by atoms with Gasteiger partial charge in [0, 0.05) is 23.7 Å². The van der Waals surface area contributed by atoms with E-state index in [0.717, 1.165) is 11.1 Å². The summed E-state index contributed by atoms with van der Waals surface area (Å²) in [6.45, 7) is 1.44. The second kappa shape index (κ2) is 14.8. The Morgan fingerprint density at radius 3 is 2.31 bits per heavy atom. The maximum atomic E-state index is 13.8. The minimum absolute atomic E-state index is 0.218. The van der Waals surface area contributed by atoms with E-state index in [1.165, 1.54) is 32.2 Å². The van der Waals surface area contributed by atoms with Gasteiger partial charge in [0.2, 0.25) is 28.9 Å².